The Labute approximate surface area is 127 Å². The van der Waals surface area contributed by atoms with E-state index in [1.54, 1.807) is 18.2 Å². The first-order chi connectivity index (χ1) is 10.1. The number of likely N-dealkylation sites (tertiary alicyclic amines) is 1. The van der Waals surface area contributed by atoms with Crippen LogP contribution in [0.15, 0.2) is 29.2 Å². The van der Waals surface area contributed by atoms with Crippen molar-refractivity contribution in [3.8, 4) is 0 Å². The van der Waals surface area contributed by atoms with Gasteiger partial charge in [0.2, 0.25) is 10.0 Å². The van der Waals surface area contributed by atoms with E-state index in [1.165, 1.54) is 0 Å². The molecule has 1 aromatic carbocycles. The standard InChI is InChI=1S/C15H25N3O2S/c1-3-16-14-9-5-6-10-15(14)21(19,20)17-12-13-8-7-11-18(13)4-2/h5-6,9-10,13,16-17H,3-4,7-8,11-12H2,1-2H3. The third-order valence-corrected chi connectivity index (χ3v) is 5.44. The monoisotopic (exact) mass is 311 g/mol. The second-order valence-electron chi connectivity index (χ2n) is 5.30. The van der Waals surface area contributed by atoms with Crippen LogP contribution < -0.4 is 10.0 Å². The first kappa shape index (κ1) is 16.3. The first-order valence-corrected chi connectivity index (χ1v) is 9.13. The van der Waals surface area contributed by atoms with Crippen LogP contribution in [-0.2, 0) is 10.0 Å². The molecule has 1 fully saturated rings. The van der Waals surface area contributed by atoms with Gasteiger partial charge in [-0.05, 0) is 45.0 Å². The molecule has 1 aromatic rings. The fourth-order valence-corrected chi connectivity index (χ4v) is 4.12. The molecule has 0 spiro atoms. The number of anilines is 1. The average molecular weight is 311 g/mol. The Hall–Kier alpha value is -1.11. The van der Waals surface area contributed by atoms with Gasteiger partial charge in [-0.3, -0.25) is 4.90 Å². The summed E-state index contributed by atoms with van der Waals surface area (Å²) in [5.74, 6) is 0. The highest BCUT2D eigenvalue weighted by Crippen LogP contribution is 2.21. The summed E-state index contributed by atoms with van der Waals surface area (Å²) in [5, 5.41) is 3.10. The molecule has 0 bridgehead atoms. The molecule has 0 radical (unpaired) electrons. The number of benzene rings is 1. The molecule has 0 aliphatic carbocycles. The lowest BCUT2D eigenvalue weighted by atomic mass is 10.2. The molecule has 0 saturated carbocycles. The molecule has 1 saturated heterocycles. The predicted molar refractivity (Wildman–Crippen MR) is 86.1 cm³/mol. The van der Waals surface area contributed by atoms with E-state index < -0.39 is 10.0 Å². The topological polar surface area (TPSA) is 61.4 Å². The van der Waals surface area contributed by atoms with E-state index in [2.05, 4.69) is 21.9 Å². The molecule has 1 atom stereocenters. The Balaban J connectivity index is 2.08. The third-order valence-electron chi connectivity index (χ3n) is 3.96. The summed E-state index contributed by atoms with van der Waals surface area (Å²) in [6.45, 7) is 7.29. The number of nitrogens with zero attached hydrogens (tertiary/aromatic N) is 1. The molecule has 6 heteroatoms. The molecule has 1 unspecified atom stereocenters. The molecule has 1 aliphatic rings. The van der Waals surface area contributed by atoms with E-state index >= 15 is 0 Å². The van der Waals surface area contributed by atoms with Crippen molar-refractivity contribution >= 4 is 15.7 Å². The minimum absolute atomic E-state index is 0.316. The molecule has 2 N–H and O–H groups in total. The second-order valence-corrected chi connectivity index (χ2v) is 7.04. The number of likely N-dealkylation sites (N-methyl/N-ethyl adjacent to an activating group) is 1. The van der Waals surface area contributed by atoms with Gasteiger partial charge in [-0.15, -0.1) is 0 Å². The van der Waals surface area contributed by atoms with Crippen LogP contribution in [0, 0.1) is 0 Å². The van der Waals surface area contributed by atoms with Crippen molar-refractivity contribution in [1.82, 2.24) is 9.62 Å². The molecule has 0 aromatic heterocycles. The maximum absolute atomic E-state index is 12.5. The molecule has 2 rings (SSSR count). The van der Waals surface area contributed by atoms with Crippen molar-refractivity contribution in [3.05, 3.63) is 24.3 Å². The summed E-state index contributed by atoms with van der Waals surface area (Å²) in [6.07, 6.45) is 2.21. The first-order valence-electron chi connectivity index (χ1n) is 7.65. The number of rotatable bonds is 7. The van der Waals surface area contributed by atoms with Crippen LogP contribution in [0.5, 0.6) is 0 Å². The Morgan fingerprint density at radius 3 is 2.76 bits per heavy atom. The quantitative estimate of drug-likeness (QED) is 0.807. The highest BCUT2D eigenvalue weighted by molar-refractivity contribution is 7.89. The number of nitrogens with one attached hydrogen (secondary N) is 2. The van der Waals surface area contributed by atoms with Crippen LogP contribution in [0.1, 0.15) is 26.7 Å². The van der Waals surface area contributed by atoms with Crippen LogP contribution in [-0.4, -0.2) is 45.5 Å². The Bertz CT molecular complexity index is 560. The van der Waals surface area contributed by atoms with Gasteiger partial charge < -0.3 is 5.32 Å². The zero-order chi connectivity index (χ0) is 15.3. The van der Waals surface area contributed by atoms with Crippen LogP contribution in [0.2, 0.25) is 0 Å². The second kappa shape index (κ2) is 7.24. The lowest BCUT2D eigenvalue weighted by molar-refractivity contribution is 0.268. The van der Waals surface area contributed by atoms with Gasteiger partial charge in [-0.2, -0.15) is 0 Å². The molecule has 1 aliphatic heterocycles. The lowest BCUT2D eigenvalue weighted by Gasteiger charge is -2.23. The van der Waals surface area contributed by atoms with Crippen molar-refractivity contribution in [2.75, 3.05) is 31.5 Å². The van der Waals surface area contributed by atoms with Gasteiger partial charge in [0.15, 0.2) is 0 Å². The van der Waals surface area contributed by atoms with E-state index in [0.29, 0.717) is 29.7 Å². The highest BCUT2D eigenvalue weighted by Gasteiger charge is 2.25. The van der Waals surface area contributed by atoms with Crippen LogP contribution >= 0.6 is 0 Å². The van der Waals surface area contributed by atoms with Gasteiger partial charge in [0, 0.05) is 19.1 Å². The van der Waals surface area contributed by atoms with E-state index in [0.717, 1.165) is 25.9 Å². The minimum Gasteiger partial charge on any atom is -0.384 e. The van der Waals surface area contributed by atoms with Crippen LogP contribution in [0.3, 0.4) is 0 Å². The van der Waals surface area contributed by atoms with Crippen LogP contribution in [0.4, 0.5) is 5.69 Å². The molecule has 1 heterocycles. The van der Waals surface area contributed by atoms with Gasteiger partial charge >= 0.3 is 0 Å². The normalized spacial score (nSPS) is 19.8. The van der Waals surface area contributed by atoms with E-state index in [-0.39, 0.29) is 0 Å². The smallest absolute Gasteiger partial charge is 0.242 e. The average Bonchev–Trinajstić information content (AvgIpc) is 2.93. The zero-order valence-corrected chi connectivity index (χ0v) is 13.6. The fraction of sp³-hybridized carbons (Fsp3) is 0.600. The number of para-hydroxylation sites is 1. The Morgan fingerprint density at radius 2 is 2.05 bits per heavy atom. The zero-order valence-electron chi connectivity index (χ0n) is 12.8. The lowest BCUT2D eigenvalue weighted by Crippen LogP contribution is -2.40. The summed E-state index contributed by atoms with van der Waals surface area (Å²) >= 11 is 0. The summed E-state index contributed by atoms with van der Waals surface area (Å²) < 4.78 is 27.8. The van der Waals surface area contributed by atoms with Crippen molar-refractivity contribution in [2.24, 2.45) is 0 Å². The highest BCUT2D eigenvalue weighted by atomic mass is 32.2. The molecule has 21 heavy (non-hydrogen) atoms. The molecule has 0 amide bonds. The summed E-state index contributed by atoms with van der Waals surface area (Å²) in [7, 11) is -3.47. The van der Waals surface area contributed by atoms with Gasteiger partial charge in [-0.1, -0.05) is 19.1 Å². The van der Waals surface area contributed by atoms with E-state index in [9.17, 15) is 8.42 Å². The number of sulfonamides is 1. The van der Waals surface area contributed by atoms with Gasteiger partial charge in [0.1, 0.15) is 4.90 Å². The van der Waals surface area contributed by atoms with Crippen molar-refractivity contribution in [2.45, 2.75) is 37.6 Å². The maximum Gasteiger partial charge on any atom is 0.242 e. The largest absolute Gasteiger partial charge is 0.384 e. The summed E-state index contributed by atoms with van der Waals surface area (Å²) in [4.78, 5) is 2.66. The fourth-order valence-electron chi connectivity index (χ4n) is 2.86. The molecular weight excluding hydrogens is 286 g/mol. The Morgan fingerprint density at radius 1 is 1.29 bits per heavy atom. The van der Waals surface area contributed by atoms with Gasteiger partial charge in [0.25, 0.3) is 0 Å². The van der Waals surface area contributed by atoms with E-state index in [4.69, 9.17) is 0 Å². The summed E-state index contributed by atoms with van der Waals surface area (Å²) in [6, 6.07) is 7.35. The van der Waals surface area contributed by atoms with Crippen molar-refractivity contribution < 1.29 is 8.42 Å². The van der Waals surface area contributed by atoms with E-state index in [1.807, 2.05) is 13.0 Å². The SMILES string of the molecule is CCNc1ccccc1S(=O)(=O)NCC1CCCN1CC. The maximum atomic E-state index is 12.5. The predicted octanol–water partition coefficient (Wildman–Crippen LogP) is 1.88. The Kier molecular flexibility index (Phi) is 5.61. The number of hydrogen-bond acceptors (Lipinski definition) is 4. The van der Waals surface area contributed by atoms with Crippen molar-refractivity contribution in [3.63, 3.8) is 0 Å². The number of hydrogen-bond donors (Lipinski definition) is 2. The van der Waals surface area contributed by atoms with Gasteiger partial charge in [0.05, 0.1) is 5.69 Å². The summed E-state index contributed by atoms with van der Waals surface area (Å²) in [5.41, 5.74) is 0.659. The van der Waals surface area contributed by atoms with Crippen LogP contribution in [0.25, 0.3) is 0 Å². The molecule has 118 valence electrons. The third kappa shape index (κ3) is 3.96. The van der Waals surface area contributed by atoms with Crippen molar-refractivity contribution in [1.29, 1.82) is 0 Å². The molecule has 5 nitrogen and oxygen atoms in total. The molecular formula is C15H25N3O2S. The minimum atomic E-state index is -3.47. The van der Waals surface area contributed by atoms with Gasteiger partial charge in [-0.25, -0.2) is 13.1 Å².